The van der Waals surface area contributed by atoms with E-state index in [0.717, 1.165) is 24.5 Å². The fourth-order valence-corrected chi connectivity index (χ4v) is 1.47. The summed E-state index contributed by atoms with van der Waals surface area (Å²) in [5.74, 6) is 0.582. The van der Waals surface area contributed by atoms with Crippen LogP contribution >= 0.6 is 23.2 Å². The zero-order valence-electron chi connectivity index (χ0n) is 8.55. The number of alkyl halides is 1. The Bertz CT molecular complexity index is 293. The molecule has 0 aromatic heterocycles. The van der Waals surface area contributed by atoms with Crippen LogP contribution in [-0.4, -0.2) is 19.0 Å². The second-order valence-corrected chi connectivity index (χ2v) is 3.95. The van der Waals surface area contributed by atoms with Crippen LogP contribution in [0.15, 0.2) is 36.4 Å². The van der Waals surface area contributed by atoms with Gasteiger partial charge in [0.15, 0.2) is 0 Å². The van der Waals surface area contributed by atoms with Crippen molar-refractivity contribution in [1.29, 1.82) is 0 Å². The van der Waals surface area contributed by atoms with E-state index in [2.05, 4.69) is 17.4 Å². The van der Waals surface area contributed by atoms with Crippen molar-refractivity contribution in [3.63, 3.8) is 0 Å². The Kier molecular flexibility index (Phi) is 6.49. The summed E-state index contributed by atoms with van der Waals surface area (Å²) in [5, 5.41) is 4.09. The van der Waals surface area contributed by atoms with Crippen molar-refractivity contribution in [2.45, 2.75) is 6.42 Å². The van der Waals surface area contributed by atoms with Gasteiger partial charge >= 0.3 is 0 Å². The summed E-state index contributed by atoms with van der Waals surface area (Å²) < 4.78 is 0. The molecule has 0 amide bonds. The van der Waals surface area contributed by atoms with E-state index in [1.54, 1.807) is 0 Å². The van der Waals surface area contributed by atoms with Crippen molar-refractivity contribution in [3.05, 3.63) is 47.0 Å². The molecule has 1 aromatic carbocycles. The van der Waals surface area contributed by atoms with Gasteiger partial charge in [0.1, 0.15) is 0 Å². The maximum Gasteiger partial charge on any atom is 0.0406 e. The van der Waals surface area contributed by atoms with Gasteiger partial charge in [0.05, 0.1) is 0 Å². The molecular formula is C12H15Cl2N. The molecule has 0 aliphatic carbocycles. The Morgan fingerprint density at radius 1 is 1.13 bits per heavy atom. The largest absolute Gasteiger partial charge is 0.313 e. The number of benzene rings is 1. The molecule has 1 aromatic rings. The van der Waals surface area contributed by atoms with Crippen molar-refractivity contribution >= 4 is 23.2 Å². The molecule has 0 saturated carbocycles. The molecule has 0 fully saturated rings. The lowest BCUT2D eigenvalue weighted by Gasteiger charge is -2.02. The van der Waals surface area contributed by atoms with Crippen LogP contribution in [0.4, 0.5) is 0 Å². The summed E-state index contributed by atoms with van der Waals surface area (Å²) in [6.45, 7) is 1.84. The zero-order chi connectivity index (χ0) is 10.9. The predicted molar refractivity (Wildman–Crippen MR) is 67.9 cm³/mol. The summed E-state index contributed by atoms with van der Waals surface area (Å²) in [6.07, 6.45) is 5.00. The van der Waals surface area contributed by atoms with E-state index < -0.39 is 0 Å². The molecule has 0 aliphatic rings. The van der Waals surface area contributed by atoms with E-state index in [1.165, 1.54) is 5.56 Å². The van der Waals surface area contributed by atoms with Gasteiger partial charge in [-0.3, -0.25) is 0 Å². The van der Waals surface area contributed by atoms with Crippen LogP contribution in [0.3, 0.4) is 0 Å². The zero-order valence-corrected chi connectivity index (χ0v) is 10.1. The lowest BCUT2D eigenvalue weighted by Crippen LogP contribution is -2.16. The molecule has 15 heavy (non-hydrogen) atoms. The molecule has 82 valence electrons. The highest BCUT2D eigenvalue weighted by Crippen LogP contribution is 2.09. The summed E-state index contributed by atoms with van der Waals surface area (Å²) in [5.41, 5.74) is 1.30. The van der Waals surface area contributed by atoms with Gasteiger partial charge in [0.25, 0.3) is 0 Å². The third kappa shape index (κ3) is 5.83. The van der Waals surface area contributed by atoms with Crippen LogP contribution in [0.1, 0.15) is 5.56 Å². The summed E-state index contributed by atoms with van der Waals surface area (Å²) in [4.78, 5) is 0. The number of hydrogen-bond acceptors (Lipinski definition) is 1. The molecule has 0 spiro atoms. The van der Waals surface area contributed by atoms with Crippen molar-refractivity contribution < 1.29 is 0 Å². The second-order valence-electron chi connectivity index (χ2n) is 3.21. The minimum Gasteiger partial charge on any atom is -0.313 e. The van der Waals surface area contributed by atoms with E-state index in [9.17, 15) is 0 Å². The molecule has 0 atom stereocenters. The van der Waals surface area contributed by atoms with Gasteiger partial charge < -0.3 is 5.32 Å². The van der Waals surface area contributed by atoms with Crippen LogP contribution in [0.5, 0.6) is 0 Å². The smallest absolute Gasteiger partial charge is 0.0406 e. The van der Waals surface area contributed by atoms with E-state index in [4.69, 9.17) is 23.2 Å². The Balaban J connectivity index is 2.15. The Labute approximate surface area is 101 Å². The summed E-state index contributed by atoms with van der Waals surface area (Å²) in [6, 6.07) is 7.95. The van der Waals surface area contributed by atoms with Crippen LogP contribution in [0.2, 0.25) is 5.02 Å². The van der Waals surface area contributed by atoms with Crippen molar-refractivity contribution in [1.82, 2.24) is 5.32 Å². The van der Waals surface area contributed by atoms with Gasteiger partial charge in [-0.25, -0.2) is 0 Å². The molecular weight excluding hydrogens is 229 g/mol. The maximum absolute atomic E-state index is 5.79. The molecule has 0 unspecified atom stereocenters. The highest BCUT2D eigenvalue weighted by atomic mass is 35.5. The van der Waals surface area contributed by atoms with Gasteiger partial charge in [0, 0.05) is 17.4 Å². The van der Waals surface area contributed by atoms with E-state index >= 15 is 0 Å². The summed E-state index contributed by atoms with van der Waals surface area (Å²) in [7, 11) is 0. The quantitative estimate of drug-likeness (QED) is 0.460. The molecule has 1 nitrogen and oxygen atoms in total. The third-order valence-electron chi connectivity index (χ3n) is 2.02. The molecule has 0 aliphatic heterocycles. The average molecular weight is 244 g/mol. The average Bonchev–Trinajstić information content (AvgIpc) is 2.26. The lowest BCUT2D eigenvalue weighted by molar-refractivity contribution is 0.744. The number of hydrogen-bond donors (Lipinski definition) is 1. The van der Waals surface area contributed by atoms with Crippen molar-refractivity contribution in [2.75, 3.05) is 19.0 Å². The van der Waals surface area contributed by atoms with Crippen LogP contribution in [-0.2, 0) is 6.42 Å². The van der Waals surface area contributed by atoms with Crippen LogP contribution in [0.25, 0.3) is 0 Å². The van der Waals surface area contributed by atoms with Crippen LogP contribution in [0, 0.1) is 0 Å². The first kappa shape index (κ1) is 12.6. The number of rotatable bonds is 6. The van der Waals surface area contributed by atoms with Gasteiger partial charge in [-0.15, -0.1) is 11.6 Å². The van der Waals surface area contributed by atoms with E-state index in [1.807, 2.05) is 24.3 Å². The first-order valence-corrected chi connectivity index (χ1v) is 5.90. The molecule has 0 radical (unpaired) electrons. The molecule has 1 N–H and O–H groups in total. The highest BCUT2D eigenvalue weighted by Gasteiger charge is 1.92. The molecule has 0 saturated heterocycles. The lowest BCUT2D eigenvalue weighted by atomic mass is 10.1. The fourth-order valence-electron chi connectivity index (χ4n) is 1.22. The minimum atomic E-state index is 0.582. The number of halogens is 2. The third-order valence-corrected chi connectivity index (χ3v) is 2.45. The SMILES string of the molecule is ClC/C=C/CNCCc1ccc(Cl)cc1. The van der Waals surface area contributed by atoms with E-state index in [0.29, 0.717) is 5.88 Å². The van der Waals surface area contributed by atoms with E-state index in [-0.39, 0.29) is 0 Å². The first-order chi connectivity index (χ1) is 7.33. The Morgan fingerprint density at radius 2 is 1.87 bits per heavy atom. The standard InChI is InChI=1S/C12H15Cl2N/c13-8-1-2-9-15-10-7-11-3-5-12(14)6-4-11/h1-6,15H,7-10H2/b2-1+. The highest BCUT2D eigenvalue weighted by molar-refractivity contribution is 6.30. The normalized spacial score (nSPS) is 11.1. The molecule has 0 bridgehead atoms. The maximum atomic E-state index is 5.79. The van der Waals surface area contributed by atoms with Gasteiger partial charge in [0.2, 0.25) is 0 Å². The number of nitrogens with one attached hydrogen (secondary N) is 1. The topological polar surface area (TPSA) is 12.0 Å². The van der Waals surface area contributed by atoms with Crippen molar-refractivity contribution in [2.24, 2.45) is 0 Å². The monoisotopic (exact) mass is 243 g/mol. The Hall–Kier alpha value is -0.500. The Morgan fingerprint density at radius 3 is 2.53 bits per heavy atom. The fraction of sp³-hybridized carbons (Fsp3) is 0.333. The van der Waals surface area contributed by atoms with Gasteiger partial charge in [-0.1, -0.05) is 35.9 Å². The molecule has 1 rings (SSSR count). The first-order valence-electron chi connectivity index (χ1n) is 4.99. The van der Waals surface area contributed by atoms with Crippen molar-refractivity contribution in [3.8, 4) is 0 Å². The molecule has 0 heterocycles. The predicted octanol–water partition coefficient (Wildman–Crippen LogP) is 3.27. The second kappa shape index (κ2) is 7.75. The van der Waals surface area contributed by atoms with Crippen LogP contribution < -0.4 is 5.32 Å². The summed E-state index contributed by atoms with van der Waals surface area (Å²) >= 11 is 11.3. The van der Waals surface area contributed by atoms with Gasteiger partial charge in [-0.2, -0.15) is 0 Å². The number of allylic oxidation sites excluding steroid dienone is 1. The minimum absolute atomic E-state index is 0.582. The van der Waals surface area contributed by atoms with Gasteiger partial charge in [-0.05, 0) is 30.7 Å². The molecule has 3 heteroatoms.